The normalized spacial score (nSPS) is 14.1. The Morgan fingerprint density at radius 3 is 1.67 bits per heavy atom. The van der Waals surface area contributed by atoms with Gasteiger partial charge in [0.15, 0.2) is 11.4 Å². The molecule has 24 heavy (non-hydrogen) atoms. The second-order valence-electron chi connectivity index (χ2n) is 7.98. The van der Waals surface area contributed by atoms with Crippen LogP contribution < -0.4 is 0 Å². The minimum Gasteiger partial charge on any atom is -0.296 e. The molecule has 0 aromatic heterocycles. The Morgan fingerprint density at radius 1 is 0.875 bits per heavy atom. The highest BCUT2D eigenvalue weighted by Crippen LogP contribution is 2.23. The molecule has 0 radical (unpaired) electrons. The van der Waals surface area contributed by atoms with E-state index in [1.165, 1.54) is 64.2 Å². The smallest absolute Gasteiger partial charge is 0.167 e. The Bertz CT molecular complexity index is 301. The van der Waals surface area contributed by atoms with E-state index in [9.17, 15) is 4.79 Å². The van der Waals surface area contributed by atoms with Crippen LogP contribution in [-0.4, -0.2) is 16.6 Å². The fourth-order valence-electron chi connectivity index (χ4n) is 3.13. The Kier molecular flexibility index (Phi) is 14.6. The second-order valence-corrected chi connectivity index (χ2v) is 7.98. The zero-order chi connectivity index (χ0) is 18.3. The van der Waals surface area contributed by atoms with Gasteiger partial charge in [-0.05, 0) is 25.7 Å². The zero-order valence-electron chi connectivity index (χ0n) is 16.7. The predicted molar refractivity (Wildman–Crippen MR) is 102 cm³/mol. The van der Waals surface area contributed by atoms with E-state index in [2.05, 4.69) is 11.8 Å². The van der Waals surface area contributed by atoms with E-state index < -0.39 is 5.60 Å². The van der Waals surface area contributed by atoms with E-state index >= 15 is 0 Å². The highest BCUT2D eigenvalue weighted by atomic mass is 17.1. The molecule has 0 aromatic carbocycles. The molecule has 0 saturated heterocycles. The van der Waals surface area contributed by atoms with Crippen LogP contribution in [-0.2, 0) is 9.68 Å². The minimum absolute atomic E-state index is 0.0167. The first kappa shape index (κ1) is 23.6. The minimum atomic E-state index is -1.01. The Labute approximate surface area is 150 Å². The quantitative estimate of drug-likeness (QED) is 0.177. The fourth-order valence-corrected chi connectivity index (χ4v) is 3.13. The van der Waals surface area contributed by atoms with Crippen molar-refractivity contribution in [2.75, 3.05) is 0 Å². The van der Waals surface area contributed by atoms with Gasteiger partial charge in [0.25, 0.3) is 0 Å². The molecule has 0 heterocycles. The highest BCUT2D eigenvalue weighted by molar-refractivity contribution is 5.86. The van der Waals surface area contributed by atoms with E-state index in [1.807, 2.05) is 13.8 Å². The molecule has 0 aromatic rings. The van der Waals surface area contributed by atoms with Crippen LogP contribution in [0.25, 0.3) is 0 Å². The summed E-state index contributed by atoms with van der Waals surface area (Å²) in [6.07, 6.45) is 16.6. The molecule has 0 aliphatic carbocycles. The number of carbonyl (C=O) groups excluding carboxylic acids is 1. The Hall–Kier alpha value is -0.410. The van der Waals surface area contributed by atoms with Crippen LogP contribution in [0.3, 0.4) is 0 Å². The molecule has 0 fully saturated rings. The zero-order valence-corrected chi connectivity index (χ0v) is 16.7. The summed E-state index contributed by atoms with van der Waals surface area (Å²) >= 11 is 0. The average molecular weight is 343 g/mol. The van der Waals surface area contributed by atoms with Gasteiger partial charge < -0.3 is 0 Å². The summed E-state index contributed by atoms with van der Waals surface area (Å²) in [5.74, 6) is 0.317. The van der Waals surface area contributed by atoms with Crippen LogP contribution in [0.15, 0.2) is 0 Å². The molecule has 0 bridgehead atoms. The van der Waals surface area contributed by atoms with Crippen LogP contribution in [0, 0.1) is 5.92 Å². The first-order valence-corrected chi connectivity index (χ1v) is 10.3. The standard InChI is InChI=1S/C21H42O3/c1-5-6-7-8-9-10-11-12-13-14-15-16-17-21(4,24-23)20(22)18-19(2)3/h19,23H,5-18H2,1-4H3. The molecule has 144 valence electrons. The molecule has 0 rings (SSSR count). The predicted octanol–water partition coefficient (Wildman–Crippen LogP) is 6.94. The molecule has 1 atom stereocenters. The lowest BCUT2D eigenvalue weighted by atomic mass is 9.88. The van der Waals surface area contributed by atoms with Gasteiger partial charge in [0.05, 0.1) is 0 Å². The summed E-state index contributed by atoms with van der Waals surface area (Å²) in [5, 5.41) is 9.12. The van der Waals surface area contributed by atoms with E-state index in [-0.39, 0.29) is 5.78 Å². The van der Waals surface area contributed by atoms with Crippen molar-refractivity contribution < 1.29 is 14.9 Å². The van der Waals surface area contributed by atoms with Gasteiger partial charge in [-0.25, -0.2) is 4.89 Å². The maximum atomic E-state index is 12.2. The maximum Gasteiger partial charge on any atom is 0.167 e. The van der Waals surface area contributed by atoms with Crippen molar-refractivity contribution in [3.05, 3.63) is 0 Å². The largest absolute Gasteiger partial charge is 0.296 e. The van der Waals surface area contributed by atoms with Crippen molar-refractivity contribution in [3.8, 4) is 0 Å². The van der Waals surface area contributed by atoms with Gasteiger partial charge in [-0.15, -0.1) is 0 Å². The number of rotatable bonds is 17. The summed E-state index contributed by atoms with van der Waals surface area (Å²) in [6.45, 7) is 8.00. The number of hydrogen-bond acceptors (Lipinski definition) is 3. The molecule has 0 amide bonds. The number of carbonyl (C=O) groups is 1. The van der Waals surface area contributed by atoms with Crippen molar-refractivity contribution in [2.45, 2.75) is 123 Å². The van der Waals surface area contributed by atoms with E-state index in [4.69, 9.17) is 5.26 Å². The molecular weight excluding hydrogens is 300 g/mol. The van der Waals surface area contributed by atoms with Gasteiger partial charge in [0, 0.05) is 6.42 Å². The number of hydrogen-bond donors (Lipinski definition) is 1. The number of Topliss-reactive ketones (excluding diaryl/α,β-unsaturated/α-hetero) is 1. The summed E-state index contributed by atoms with van der Waals surface area (Å²) in [4.78, 5) is 16.7. The SMILES string of the molecule is CCCCCCCCCCCCCCC(C)(OO)C(=O)CC(C)C. The molecule has 0 aliphatic rings. The van der Waals surface area contributed by atoms with E-state index in [0.29, 0.717) is 18.8 Å². The van der Waals surface area contributed by atoms with Crippen LogP contribution >= 0.6 is 0 Å². The molecule has 3 heteroatoms. The average Bonchev–Trinajstić information content (AvgIpc) is 2.55. The highest BCUT2D eigenvalue weighted by Gasteiger charge is 2.34. The topological polar surface area (TPSA) is 46.5 Å². The van der Waals surface area contributed by atoms with E-state index in [1.54, 1.807) is 6.92 Å². The van der Waals surface area contributed by atoms with Crippen molar-refractivity contribution in [3.63, 3.8) is 0 Å². The first-order valence-electron chi connectivity index (χ1n) is 10.3. The molecule has 1 N–H and O–H groups in total. The summed E-state index contributed by atoms with van der Waals surface area (Å²) in [7, 11) is 0. The van der Waals surface area contributed by atoms with E-state index in [0.717, 1.165) is 12.8 Å². The third kappa shape index (κ3) is 12.0. The van der Waals surface area contributed by atoms with Gasteiger partial charge in [-0.1, -0.05) is 91.4 Å². The third-order valence-corrected chi connectivity index (χ3v) is 4.89. The first-order chi connectivity index (χ1) is 11.5. The van der Waals surface area contributed by atoms with Gasteiger partial charge in [0.1, 0.15) is 0 Å². The summed E-state index contributed by atoms with van der Waals surface area (Å²) in [6, 6.07) is 0. The lowest BCUT2D eigenvalue weighted by Crippen LogP contribution is -2.38. The number of ketones is 1. The van der Waals surface area contributed by atoms with Crippen LogP contribution in [0.4, 0.5) is 0 Å². The number of unbranched alkanes of at least 4 members (excludes halogenated alkanes) is 11. The van der Waals surface area contributed by atoms with Gasteiger partial charge in [-0.2, -0.15) is 0 Å². The van der Waals surface area contributed by atoms with Crippen LogP contribution in [0.1, 0.15) is 118 Å². The summed E-state index contributed by atoms with van der Waals surface area (Å²) in [5.41, 5.74) is -1.01. The Balaban J connectivity index is 3.58. The Morgan fingerprint density at radius 2 is 1.29 bits per heavy atom. The third-order valence-electron chi connectivity index (χ3n) is 4.89. The van der Waals surface area contributed by atoms with Gasteiger partial charge >= 0.3 is 0 Å². The monoisotopic (exact) mass is 342 g/mol. The lowest BCUT2D eigenvalue weighted by molar-refractivity contribution is -0.308. The maximum absolute atomic E-state index is 12.2. The molecule has 0 aliphatic heterocycles. The lowest BCUT2D eigenvalue weighted by Gasteiger charge is -2.25. The molecular formula is C21H42O3. The van der Waals surface area contributed by atoms with Crippen molar-refractivity contribution in [1.82, 2.24) is 0 Å². The molecule has 0 spiro atoms. The van der Waals surface area contributed by atoms with Crippen molar-refractivity contribution in [2.24, 2.45) is 5.92 Å². The van der Waals surface area contributed by atoms with Gasteiger partial charge in [-0.3, -0.25) is 10.1 Å². The molecule has 3 nitrogen and oxygen atoms in total. The van der Waals surface area contributed by atoms with Crippen LogP contribution in [0.5, 0.6) is 0 Å². The van der Waals surface area contributed by atoms with Crippen molar-refractivity contribution >= 4 is 5.78 Å². The van der Waals surface area contributed by atoms with Crippen molar-refractivity contribution in [1.29, 1.82) is 0 Å². The van der Waals surface area contributed by atoms with Gasteiger partial charge in [0.2, 0.25) is 0 Å². The molecule has 1 unspecified atom stereocenters. The van der Waals surface area contributed by atoms with Crippen LogP contribution in [0.2, 0.25) is 0 Å². The molecule has 0 saturated carbocycles. The summed E-state index contributed by atoms with van der Waals surface area (Å²) < 4.78 is 0. The fraction of sp³-hybridized carbons (Fsp3) is 0.952. The second kappa shape index (κ2) is 14.9.